The maximum Gasteiger partial charge on any atom is 0.0934 e. The van der Waals surface area contributed by atoms with E-state index < -0.39 is 0 Å². The first-order chi connectivity index (χ1) is 30.2. The molecule has 0 spiro atoms. The van der Waals surface area contributed by atoms with Gasteiger partial charge in [0.15, 0.2) is 0 Å². The second kappa shape index (κ2) is 28.3. The highest BCUT2D eigenvalue weighted by Gasteiger charge is 2.59. The predicted molar refractivity (Wildman–Crippen MR) is 264 cm³/mol. The molecule has 0 aromatic heterocycles. The SMILES string of the molecule is CCCCCC=CCC=CCCCCCCCCOCC(CN1CCC(OC)C1)OCCCCO[C@H]1CC[C@@]2(C)C(=CCC3C2CC[C@@]2(C)C3CC[C@@H]2[C@H](C)CCCC(C)C)C1. The van der Waals surface area contributed by atoms with Crippen molar-refractivity contribution in [3.8, 4) is 0 Å². The molecule has 62 heavy (non-hydrogen) atoms. The summed E-state index contributed by atoms with van der Waals surface area (Å²) in [6.45, 7) is 21.3. The first-order valence-corrected chi connectivity index (χ1v) is 27.2. The summed E-state index contributed by atoms with van der Waals surface area (Å²) in [5, 5.41) is 0. The van der Waals surface area contributed by atoms with Crippen molar-refractivity contribution in [3.05, 3.63) is 36.0 Å². The summed E-state index contributed by atoms with van der Waals surface area (Å²) in [5.74, 6) is 5.40. The minimum Gasteiger partial charge on any atom is -0.380 e. The van der Waals surface area contributed by atoms with Crippen molar-refractivity contribution in [2.24, 2.45) is 46.3 Å². The lowest BCUT2D eigenvalue weighted by Crippen LogP contribution is -2.51. The molecule has 3 saturated carbocycles. The van der Waals surface area contributed by atoms with Crippen LogP contribution in [0.15, 0.2) is 36.0 Å². The highest BCUT2D eigenvalue weighted by Crippen LogP contribution is 2.67. The number of allylic oxidation sites excluding steroid dienone is 5. The molecular weight excluding hydrogens is 763 g/mol. The third kappa shape index (κ3) is 16.1. The van der Waals surface area contributed by atoms with Crippen LogP contribution in [0.4, 0.5) is 0 Å². The summed E-state index contributed by atoms with van der Waals surface area (Å²) in [4.78, 5) is 2.51. The van der Waals surface area contributed by atoms with Crippen molar-refractivity contribution in [2.45, 2.75) is 227 Å². The topological polar surface area (TPSA) is 40.2 Å². The normalized spacial score (nSPS) is 31.2. The third-order valence-electron chi connectivity index (χ3n) is 17.3. The second-order valence-electron chi connectivity index (χ2n) is 22.3. The zero-order chi connectivity index (χ0) is 44.0. The van der Waals surface area contributed by atoms with Gasteiger partial charge >= 0.3 is 0 Å². The first kappa shape index (κ1) is 52.0. The molecule has 10 atom stereocenters. The largest absolute Gasteiger partial charge is 0.380 e. The number of nitrogens with zero attached hydrogens (tertiary/aromatic N) is 1. The van der Waals surface area contributed by atoms with Gasteiger partial charge in [0.05, 0.1) is 24.9 Å². The summed E-state index contributed by atoms with van der Waals surface area (Å²) in [6, 6.07) is 0. The van der Waals surface area contributed by atoms with Crippen molar-refractivity contribution >= 4 is 0 Å². The minimum atomic E-state index is 0.125. The average molecular weight is 864 g/mol. The maximum absolute atomic E-state index is 6.65. The Hall–Kier alpha value is -0.980. The van der Waals surface area contributed by atoms with Gasteiger partial charge in [-0.1, -0.05) is 135 Å². The van der Waals surface area contributed by atoms with Crippen LogP contribution in [0.3, 0.4) is 0 Å². The molecule has 0 radical (unpaired) electrons. The van der Waals surface area contributed by atoms with E-state index in [1.807, 2.05) is 7.11 Å². The molecule has 358 valence electrons. The number of hydrogen-bond acceptors (Lipinski definition) is 5. The molecule has 0 bridgehead atoms. The van der Waals surface area contributed by atoms with Crippen LogP contribution in [0.5, 0.6) is 0 Å². The fourth-order valence-electron chi connectivity index (χ4n) is 13.5. The van der Waals surface area contributed by atoms with E-state index in [4.69, 9.17) is 18.9 Å². The summed E-state index contributed by atoms with van der Waals surface area (Å²) in [5.41, 5.74) is 2.73. The molecular formula is C57H101NO4. The highest BCUT2D eigenvalue weighted by molar-refractivity contribution is 5.25. The second-order valence-corrected chi connectivity index (χ2v) is 22.3. The molecule has 5 aliphatic rings. The Morgan fingerprint density at radius 2 is 1.48 bits per heavy atom. The molecule has 0 aromatic carbocycles. The summed E-state index contributed by atoms with van der Waals surface area (Å²) < 4.78 is 25.1. The predicted octanol–water partition coefficient (Wildman–Crippen LogP) is 15.1. The van der Waals surface area contributed by atoms with Gasteiger partial charge in [-0.2, -0.15) is 0 Å². The van der Waals surface area contributed by atoms with Crippen LogP contribution in [-0.2, 0) is 18.9 Å². The van der Waals surface area contributed by atoms with Crippen LogP contribution in [0.1, 0.15) is 208 Å². The van der Waals surface area contributed by atoms with Crippen LogP contribution in [-0.4, -0.2) is 76.4 Å². The Bertz CT molecular complexity index is 1290. The van der Waals surface area contributed by atoms with E-state index in [0.29, 0.717) is 29.6 Å². The minimum absolute atomic E-state index is 0.125. The Morgan fingerprint density at radius 3 is 2.24 bits per heavy atom. The van der Waals surface area contributed by atoms with E-state index in [2.05, 4.69) is 76.8 Å². The Balaban J connectivity index is 0.937. The zero-order valence-electron chi connectivity index (χ0n) is 42.0. The van der Waals surface area contributed by atoms with Gasteiger partial charge in [0.1, 0.15) is 0 Å². The zero-order valence-corrected chi connectivity index (χ0v) is 42.0. The molecule has 1 aliphatic heterocycles. The van der Waals surface area contributed by atoms with E-state index in [1.54, 1.807) is 5.57 Å². The van der Waals surface area contributed by atoms with Gasteiger partial charge in [-0.15, -0.1) is 0 Å². The molecule has 4 aliphatic carbocycles. The summed E-state index contributed by atoms with van der Waals surface area (Å²) in [6.07, 6.45) is 46.8. The summed E-state index contributed by atoms with van der Waals surface area (Å²) >= 11 is 0. The van der Waals surface area contributed by atoms with E-state index in [-0.39, 0.29) is 6.10 Å². The monoisotopic (exact) mass is 864 g/mol. The number of ether oxygens (including phenoxy) is 4. The van der Waals surface area contributed by atoms with Gasteiger partial charge in [-0.3, -0.25) is 4.90 Å². The summed E-state index contributed by atoms with van der Waals surface area (Å²) in [7, 11) is 1.85. The number of unbranched alkanes of at least 4 members (excludes halogenated alkanes) is 10. The Labute approximate surface area is 384 Å². The molecule has 0 aromatic rings. The molecule has 1 saturated heterocycles. The quantitative estimate of drug-likeness (QED) is 0.0498. The number of fused-ring (bicyclic) bond motifs is 5. The number of methoxy groups -OCH3 is 1. The van der Waals surface area contributed by atoms with Crippen LogP contribution < -0.4 is 0 Å². The molecule has 5 unspecified atom stereocenters. The van der Waals surface area contributed by atoms with Crippen LogP contribution in [0, 0.1) is 46.3 Å². The fourth-order valence-corrected chi connectivity index (χ4v) is 13.5. The maximum atomic E-state index is 6.65. The first-order valence-electron chi connectivity index (χ1n) is 27.2. The molecule has 4 fully saturated rings. The lowest BCUT2D eigenvalue weighted by atomic mass is 9.47. The van der Waals surface area contributed by atoms with E-state index in [1.165, 1.54) is 135 Å². The molecule has 5 rings (SSSR count). The standard InChI is InChI=1S/C57H101NO4/c1-8-9-10-11-12-13-14-15-16-17-18-19-20-21-22-23-39-60-45-51(44-58-38-35-50(43-58)59-7)62-41-25-24-40-61-49-33-36-56(5)48(42-49)29-30-52-54-32-31-53(47(4)28-26-27-46(2)3)57(54,6)37-34-55(52)56/h12-13,15-16,29,46-47,49-55H,8-11,14,17-28,30-45H2,1-7H3/t47-,49+,50?,51?,52?,53-,54?,55?,56+,57-/m1/s1. The van der Waals surface area contributed by atoms with Crippen molar-refractivity contribution in [2.75, 3.05) is 53.2 Å². The molecule has 0 amide bonds. The van der Waals surface area contributed by atoms with Gasteiger partial charge in [0.2, 0.25) is 0 Å². The van der Waals surface area contributed by atoms with E-state index >= 15 is 0 Å². The van der Waals surface area contributed by atoms with Gasteiger partial charge in [0, 0.05) is 46.6 Å². The van der Waals surface area contributed by atoms with Crippen molar-refractivity contribution in [3.63, 3.8) is 0 Å². The average Bonchev–Trinajstić information content (AvgIpc) is 3.87. The number of hydrogen-bond donors (Lipinski definition) is 0. The van der Waals surface area contributed by atoms with E-state index in [0.717, 1.165) is 107 Å². The molecule has 1 heterocycles. The van der Waals surface area contributed by atoms with Gasteiger partial charge in [-0.25, -0.2) is 0 Å². The molecule has 5 nitrogen and oxygen atoms in total. The molecule has 5 heteroatoms. The highest BCUT2D eigenvalue weighted by atomic mass is 16.5. The van der Waals surface area contributed by atoms with Gasteiger partial charge in [-0.05, 0) is 155 Å². The smallest absolute Gasteiger partial charge is 0.0934 e. The van der Waals surface area contributed by atoms with Gasteiger partial charge < -0.3 is 18.9 Å². The number of likely N-dealkylation sites (tertiary alicyclic amines) is 1. The Morgan fingerprint density at radius 1 is 0.742 bits per heavy atom. The number of rotatable bonds is 32. The van der Waals surface area contributed by atoms with Gasteiger partial charge in [0.25, 0.3) is 0 Å². The van der Waals surface area contributed by atoms with Crippen molar-refractivity contribution < 1.29 is 18.9 Å². The fraction of sp³-hybridized carbons (Fsp3) is 0.895. The molecule has 0 N–H and O–H groups in total. The third-order valence-corrected chi connectivity index (χ3v) is 17.3. The Kier molecular flexibility index (Phi) is 23.7. The van der Waals surface area contributed by atoms with Crippen LogP contribution >= 0.6 is 0 Å². The van der Waals surface area contributed by atoms with Crippen molar-refractivity contribution in [1.29, 1.82) is 0 Å². The lowest BCUT2D eigenvalue weighted by Gasteiger charge is -2.58. The van der Waals surface area contributed by atoms with E-state index in [9.17, 15) is 0 Å². The lowest BCUT2D eigenvalue weighted by molar-refractivity contribution is -0.0649. The van der Waals surface area contributed by atoms with Crippen LogP contribution in [0.2, 0.25) is 0 Å². The van der Waals surface area contributed by atoms with Crippen molar-refractivity contribution in [1.82, 2.24) is 4.90 Å². The van der Waals surface area contributed by atoms with Crippen LogP contribution in [0.25, 0.3) is 0 Å².